The normalized spacial score (nSPS) is 30.2. The zero-order chi connectivity index (χ0) is 19.8. The van der Waals surface area contributed by atoms with E-state index in [1.807, 2.05) is 0 Å². The Bertz CT molecular complexity index is 849. The molecule has 0 atom stereocenters. The van der Waals surface area contributed by atoms with Crippen LogP contribution in [0.1, 0.15) is 74.7 Å². The topological polar surface area (TPSA) is 54.3 Å². The van der Waals surface area contributed by atoms with Crippen molar-refractivity contribution in [3.05, 3.63) is 36.0 Å². The fourth-order valence-electron chi connectivity index (χ4n) is 6.94. The number of nitrogens with zero attached hydrogens (tertiary/aromatic N) is 1. The Kier molecular flexibility index (Phi) is 5.15. The van der Waals surface area contributed by atoms with Gasteiger partial charge in [0, 0.05) is 29.6 Å². The van der Waals surface area contributed by atoms with E-state index in [2.05, 4.69) is 40.2 Å². The number of hydrogen-bond donors (Lipinski definition) is 2. The summed E-state index contributed by atoms with van der Waals surface area (Å²) in [6.45, 7) is 1.13. The Labute approximate surface area is 173 Å². The maximum atomic E-state index is 13.5. The molecule has 4 aliphatic rings. The second-order valence-corrected chi connectivity index (χ2v) is 10.0. The SMILES string of the molecule is O=C(NC12CC3CC(CC(C3)C1)C2)c1cc2ccccc2n1CCCCCCO. The minimum Gasteiger partial charge on any atom is -0.396 e. The standard InChI is InChI=1S/C25H34N2O2/c28-10-6-2-1-5-9-27-22-8-4-3-7-21(22)14-23(27)24(29)26-25-15-18-11-19(16-25)13-20(12-18)17-25/h3-4,7-8,14,18-20,28H,1-2,5-6,9-13,15-17H2,(H,26,29). The van der Waals surface area contributed by atoms with Gasteiger partial charge in [-0.05, 0) is 81.3 Å². The van der Waals surface area contributed by atoms with Crippen LogP contribution in [0, 0.1) is 17.8 Å². The van der Waals surface area contributed by atoms with Gasteiger partial charge in [0.05, 0.1) is 0 Å². The lowest BCUT2D eigenvalue weighted by atomic mass is 9.53. The van der Waals surface area contributed by atoms with Crippen LogP contribution >= 0.6 is 0 Å². The largest absolute Gasteiger partial charge is 0.396 e. The van der Waals surface area contributed by atoms with Gasteiger partial charge in [-0.1, -0.05) is 31.0 Å². The van der Waals surface area contributed by atoms with Gasteiger partial charge in [-0.2, -0.15) is 0 Å². The summed E-state index contributed by atoms with van der Waals surface area (Å²) >= 11 is 0. The third-order valence-electron chi connectivity index (χ3n) is 7.75. The lowest BCUT2D eigenvalue weighted by Crippen LogP contribution is -2.60. The number of aliphatic hydroxyl groups excluding tert-OH is 1. The van der Waals surface area contributed by atoms with Gasteiger partial charge in [0.15, 0.2) is 0 Å². The molecule has 2 N–H and O–H groups in total. The van der Waals surface area contributed by atoms with Crippen LogP contribution < -0.4 is 5.32 Å². The molecule has 1 heterocycles. The lowest BCUT2D eigenvalue weighted by Gasteiger charge is -2.56. The number of fused-ring (bicyclic) bond motifs is 1. The van der Waals surface area contributed by atoms with E-state index in [0.717, 1.165) is 66.6 Å². The summed E-state index contributed by atoms with van der Waals surface area (Å²) in [5.41, 5.74) is 2.03. The molecule has 4 bridgehead atoms. The first-order valence-electron chi connectivity index (χ1n) is 11.7. The summed E-state index contributed by atoms with van der Waals surface area (Å²) in [5, 5.41) is 13.7. The molecule has 4 saturated carbocycles. The number of carbonyl (C=O) groups excluding carboxylic acids is 1. The van der Waals surface area contributed by atoms with Crippen molar-refractivity contribution < 1.29 is 9.90 Å². The summed E-state index contributed by atoms with van der Waals surface area (Å²) in [6, 6.07) is 10.4. The van der Waals surface area contributed by atoms with Gasteiger partial charge in [-0.15, -0.1) is 0 Å². The third kappa shape index (κ3) is 3.72. The summed E-state index contributed by atoms with van der Waals surface area (Å²) in [5.74, 6) is 2.62. The zero-order valence-corrected chi connectivity index (χ0v) is 17.4. The van der Waals surface area contributed by atoms with Crippen molar-refractivity contribution in [3.63, 3.8) is 0 Å². The second kappa shape index (κ2) is 7.79. The molecule has 4 aliphatic carbocycles. The van der Waals surface area contributed by atoms with Crippen LogP contribution in [-0.2, 0) is 6.54 Å². The van der Waals surface area contributed by atoms with Crippen molar-refractivity contribution in [3.8, 4) is 0 Å². The van der Waals surface area contributed by atoms with Gasteiger partial charge in [0.25, 0.3) is 5.91 Å². The molecule has 6 rings (SSSR count). The van der Waals surface area contributed by atoms with Crippen molar-refractivity contribution >= 4 is 16.8 Å². The fraction of sp³-hybridized carbons (Fsp3) is 0.640. The highest BCUT2D eigenvalue weighted by atomic mass is 16.2. The Morgan fingerprint density at radius 2 is 1.66 bits per heavy atom. The minimum absolute atomic E-state index is 0.0498. The number of aliphatic hydroxyl groups is 1. The van der Waals surface area contributed by atoms with E-state index >= 15 is 0 Å². The molecular weight excluding hydrogens is 360 g/mol. The van der Waals surface area contributed by atoms with Crippen LogP contribution in [0.3, 0.4) is 0 Å². The van der Waals surface area contributed by atoms with E-state index in [1.165, 1.54) is 38.5 Å². The lowest BCUT2D eigenvalue weighted by molar-refractivity contribution is -0.0168. The highest BCUT2D eigenvalue weighted by molar-refractivity contribution is 5.99. The number of aryl methyl sites for hydroxylation is 1. The molecule has 0 spiro atoms. The molecular formula is C25H34N2O2. The average molecular weight is 395 g/mol. The van der Waals surface area contributed by atoms with Crippen LogP contribution in [0.15, 0.2) is 30.3 Å². The molecule has 0 aliphatic heterocycles. The van der Waals surface area contributed by atoms with E-state index in [1.54, 1.807) is 0 Å². The van der Waals surface area contributed by atoms with Gasteiger partial charge in [0.1, 0.15) is 5.69 Å². The molecule has 2 aromatic rings. The molecule has 1 aromatic heterocycles. The van der Waals surface area contributed by atoms with E-state index in [0.29, 0.717) is 0 Å². The number of benzene rings is 1. The molecule has 29 heavy (non-hydrogen) atoms. The summed E-state index contributed by atoms with van der Waals surface area (Å²) in [7, 11) is 0. The molecule has 4 heteroatoms. The third-order valence-corrected chi connectivity index (χ3v) is 7.75. The van der Waals surface area contributed by atoms with Crippen molar-refractivity contribution in [2.24, 2.45) is 17.8 Å². The van der Waals surface area contributed by atoms with Gasteiger partial charge in [-0.3, -0.25) is 4.79 Å². The van der Waals surface area contributed by atoms with Gasteiger partial charge in [-0.25, -0.2) is 0 Å². The Balaban J connectivity index is 1.36. The highest BCUT2D eigenvalue weighted by Crippen LogP contribution is 2.55. The number of unbranched alkanes of at least 4 members (excludes halogenated alkanes) is 3. The van der Waals surface area contributed by atoms with Crippen molar-refractivity contribution in [2.75, 3.05) is 6.61 Å². The number of aromatic nitrogens is 1. The maximum Gasteiger partial charge on any atom is 0.268 e. The number of hydrogen-bond acceptors (Lipinski definition) is 2. The molecule has 4 fully saturated rings. The number of rotatable bonds is 8. The number of para-hydroxylation sites is 1. The van der Waals surface area contributed by atoms with Gasteiger partial charge >= 0.3 is 0 Å². The first-order chi connectivity index (χ1) is 14.2. The number of nitrogens with one attached hydrogen (secondary N) is 1. The van der Waals surface area contributed by atoms with Gasteiger partial charge in [0.2, 0.25) is 0 Å². The zero-order valence-electron chi connectivity index (χ0n) is 17.4. The van der Waals surface area contributed by atoms with Gasteiger partial charge < -0.3 is 15.0 Å². The second-order valence-electron chi connectivity index (χ2n) is 10.0. The minimum atomic E-state index is 0.0498. The van der Waals surface area contributed by atoms with E-state index < -0.39 is 0 Å². The van der Waals surface area contributed by atoms with Crippen LogP contribution in [-0.4, -0.2) is 27.7 Å². The molecule has 1 aromatic carbocycles. The molecule has 1 amide bonds. The van der Waals surface area contributed by atoms with E-state index in [-0.39, 0.29) is 18.1 Å². The summed E-state index contributed by atoms with van der Waals surface area (Å²) in [4.78, 5) is 13.5. The molecule has 4 nitrogen and oxygen atoms in total. The smallest absolute Gasteiger partial charge is 0.268 e. The van der Waals surface area contributed by atoms with Crippen LogP contribution in [0.4, 0.5) is 0 Å². The predicted octanol–water partition coefficient (Wildman–Crippen LogP) is 4.89. The van der Waals surface area contributed by atoms with E-state index in [4.69, 9.17) is 5.11 Å². The Morgan fingerprint density at radius 3 is 2.34 bits per heavy atom. The van der Waals surface area contributed by atoms with Crippen molar-refractivity contribution in [1.29, 1.82) is 0 Å². The monoisotopic (exact) mass is 394 g/mol. The first-order valence-corrected chi connectivity index (χ1v) is 11.7. The Hall–Kier alpha value is -1.81. The van der Waals surface area contributed by atoms with Crippen molar-refractivity contribution in [1.82, 2.24) is 9.88 Å². The molecule has 0 saturated heterocycles. The van der Waals surface area contributed by atoms with E-state index in [9.17, 15) is 4.79 Å². The maximum absolute atomic E-state index is 13.5. The Morgan fingerprint density at radius 1 is 1.00 bits per heavy atom. The molecule has 0 unspecified atom stereocenters. The quantitative estimate of drug-likeness (QED) is 0.626. The average Bonchev–Trinajstić information content (AvgIpc) is 3.05. The highest BCUT2D eigenvalue weighted by Gasteiger charge is 2.51. The fourth-order valence-corrected chi connectivity index (χ4v) is 6.94. The number of carbonyl (C=O) groups is 1. The van der Waals surface area contributed by atoms with Crippen LogP contribution in [0.2, 0.25) is 0 Å². The predicted molar refractivity (Wildman–Crippen MR) is 116 cm³/mol. The van der Waals surface area contributed by atoms with Crippen molar-refractivity contribution in [2.45, 2.75) is 76.3 Å². The first kappa shape index (κ1) is 19.2. The molecule has 156 valence electrons. The number of amides is 1. The summed E-state index contributed by atoms with van der Waals surface area (Å²) < 4.78 is 2.23. The van der Waals surface area contributed by atoms with Crippen LogP contribution in [0.25, 0.3) is 10.9 Å². The summed E-state index contributed by atoms with van der Waals surface area (Å²) in [6.07, 6.45) is 11.8. The van der Waals surface area contributed by atoms with Crippen LogP contribution in [0.5, 0.6) is 0 Å². The molecule has 0 radical (unpaired) electrons.